The minimum Gasteiger partial charge on any atom is -0.452 e. The number of anilines is 1. The number of thioether (sulfide) groups is 1. The van der Waals surface area contributed by atoms with Gasteiger partial charge in [-0.15, -0.1) is 0 Å². The van der Waals surface area contributed by atoms with Gasteiger partial charge in [-0.1, -0.05) is 22.9 Å². The van der Waals surface area contributed by atoms with Gasteiger partial charge in [-0.25, -0.2) is 0 Å². The highest BCUT2D eigenvalue weighted by Crippen LogP contribution is 2.48. The second-order valence-electron chi connectivity index (χ2n) is 8.46. The molecular formula is C22H26ClN2O7S4+. The van der Waals surface area contributed by atoms with Gasteiger partial charge in [0.2, 0.25) is 5.52 Å². The molecule has 0 unspecified atom stereocenters. The number of aromatic nitrogens is 1. The number of unbranched alkanes of at least 4 members (excludes halogenated alkanes) is 2. The molecule has 0 saturated carbocycles. The maximum atomic E-state index is 11.1. The molecule has 9 nitrogen and oxygen atoms in total. The lowest BCUT2D eigenvalue weighted by molar-refractivity contribution is -0.669. The number of benzene rings is 1. The summed E-state index contributed by atoms with van der Waals surface area (Å²) in [6, 6.07) is 7.59. The third kappa shape index (κ3) is 7.03. The van der Waals surface area contributed by atoms with Crippen LogP contribution in [0.2, 0.25) is 5.02 Å². The maximum Gasteiger partial charge on any atom is 0.265 e. The Bertz CT molecular complexity index is 1510. The number of hydrogen-bond donors (Lipinski definition) is 2. The van der Waals surface area contributed by atoms with E-state index in [0.717, 1.165) is 36.8 Å². The predicted molar refractivity (Wildman–Crippen MR) is 143 cm³/mol. The molecule has 196 valence electrons. The molecule has 3 heterocycles. The van der Waals surface area contributed by atoms with E-state index in [1.807, 2.05) is 37.3 Å². The molecule has 1 aromatic carbocycles. The van der Waals surface area contributed by atoms with E-state index >= 15 is 0 Å². The number of thiazole rings is 1. The number of aryl methyl sites for hydroxylation is 2. The fraction of sp³-hybridized carbons (Fsp3) is 0.409. The van der Waals surface area contributed by atoms with Gasteiger partial charge in [0.25, 0.3) is 25.2 Å². The van der Waals surface area contributed by atoms with Crippen LogP contribution >= 0.6 is 34.7 Å². The molecule has 2 N–H and O–H groups in total. The first-order valence-corrected chi connectivity index (χ1v) is 16.4. The minimum atomic E-state index is -4.01. The Kier molecular flexibility index (Phi) is 8.39. The summed E-state index contributed by atoms with van der Waals surface area (Å²) in [5.41, 5.74) is 1.85. The zero-order chi connectivity index (χ0) is 26.1. The van der Waals surface area contributed by atoms with E-state index < -0.39 is 20.2 Å². The van der Waals surface area contributed by atoms with E-state index in [2.05, 4.69) is 9.47 Å². The van der Waals surface area contributed by atoms with Crippen LogP contribution in [0.25, 0.3) is 16.3 Å². The second-order valence-corrected chi connectivity index (χ2v) is 14.1. The zero-order valence-corrected chi connectivity index (χ0v) is 23.4. The van der Waals surface area contributed by atoms with Crippen molar-refractivity contribution in [3.05, 3.63) is 45.1 Å². The van der Waals surface area contributed by atoms with Crippen molar-refractivity contribution in [3.63, 3.8) is 0 Å². The minimum absolute atomic E-state index is 0.287. The molecule has 0 radical (unpaired) electrons. The smallest absolute Gasteiger partial charge is 0.265 e. The topological polar surface area (TPSA) is 129 Å². The molecule has 1 aliphatic heterocycles. The summed E-state index contributed by atoms with van der Waals surface area (Å²) >= 11 is 9.32. The Morgan fingerprint density at radius 3 is 2.44 bits per heavy atom. The van der Waals surface area contributed by atoms with Crippen LogP contribution in [0.3, 0.4) is 0 Å². The first kappa shape index (κ1) is 27.4. The van der Waals surface area contributed by atoms with Crippen LogP contribution in [0.5, 0.6) is 0 Å². The molecule has 0 fully saturated rings. The van der Waals surface area contributed by atoms with Crippen LogP contribution in [-0.4, -0.2) is 44.0 Å². The van der Waals surface area contributed by atoms with Crippen molar-refractivity contribution in [2.24, 2.45) is 0 Å². The highest BCUT2D eigenvalue weighted by atomic mass is 35.5. The molecule has 0 aliphatic carbocycles. The van der Waals surface area contributed by atoms with E-state index in [0.29, 0.717) is 43.8 Å². The van der Waals surface area contributed by atoms with Crippen molar-refractivity contribution < 1.29 is 34.9 Å². The molecule has 14 heteroatoms. The standard InChI is InChI=1S/C22H25ClN2O7S4/c1-15-12-18-22(32-15)34-21(25(18)9-3-5-11-36(29,30)31)14-20-24(8-2-4-10-35(26,27)28)17-13-16(23)6-7-19(17)33-20/h6-7,12-14H,2-5,8-11H2,1H3,(H-,26,27,28,29,30,31)/p+1. The Hall–Kier alpha value is -1.61. The van der Waals surface area contributed by atoms with Crippen LogP contribution in [0.1, 0.15) is 36.5 Å². The number of fused-ring (bicyclic) bond motifs is 2. The molecule has 0 saturated heterocycles. The Morgan fingerprint density at radius 1 is 1.06 bits per heavy atom. The Balaban J connectivity index is 1.63. The molecule has 1 aliphatic rings. The van der Waals surface area contributed by atoms with Crippen molar-refractivity contribution in [3.8, 4) is 0 Å². The van der Waals surface area contributed by atoms with Crippen LogP contribution in [-0.2, 0) is 26.8 Å². The number of furan rings is 1. The van der Waals surface area contributed by atoms with Crippen molar-refractivity contribution in [2.75, 3.05) is 23.0 Å². The lowest BCUT2D eigenvalue weighted by Gasteiger charge is -2.18. The largest absolute Gasteiger partial charge is 0.452 e. The van der Waals surface area contributed by atoms with Gasteiger partial charge < -0.3 is 9.32 Å². The van der Waals surface area contributed by atoms with Crippen LogP contribution < -0.4 is 9.47 Å². The molecule has 36 heavy (non-hydrogen) atoms. The fourth-order valence-corrected chi connectivity index (χ4v) is 7.57. The summed E-state index contributed by atoms with van der Waals surface area (Å²) in [5.74, 6) is 0.199. The maximum absolute atomic E-state index is 11.1. The van der Waals surface area contributed by atoms with Gasteiger partial charge in [0, 0.05) is 30.1 Å². The van der Waals surface area contributed by atoms with E-state index in [1.54, 1.807) is 11.3 Å². The number of nitrogens with zero attached hydrogens (tertiary/aromatic N) is 2. The average Bonchev–Trinajstić information content (AvgIpc) is 3.38. The monoisotopic (exact) mass is 593 g/mol. The molecule has 3 aromatic rings. The molecule has 0 bridgehead atoms. The van der Waals surface area contributed by atoms with Gasteiger partial charge in [0.05, 0.1) is 28.3 Å². The van der Waals surface area contributed by atoms with Crippen molar-refractivity contribution >= 4 is 76.9 Å². The predicted octanol–water partition coefficient (Wildman–Crippen LogP) is 4.99. The van der Waals surface area contributed by atoms with E-state index in [4.69, 9.17) is 25.1 Å². The third-order valence-electron chi connectivity index (χ3n) is 5.56. The van der Waals surface area contributed by atoms with Crippen LogP contribution in [0, 0.1) is 6.92 Å². The summed E-state index contributed by atoms with van der Waals surface area (Å²) < 4.78 is 71.5. The van der Waals surface area contributed by atoms with Gasteiger partial charge in [-0.3, -0.25) is 9.11 Å². The van der Waals surface area contributed by atoms with Gasteiger partial charge in [0.1, 0.15) is 10.5 Å². The first-order valence-electron chi connectivity index (χ1n) is 11.2. The molecule has 0 atom stereocenters. The van der Waals surface area contributed by atoms with E-state index in [1.165, 1.54) is 11.8 Å². The van der Waals surface area contributed by atoms with Gasteiger partial charge in [-0.2, -0.15) is 21.4 Å². The fourth-order valence-electron chi connectivity index (χ4n) is 3.97. The van der Waals surface area contributed by atoms with Crippen molar-refractivity contribution in [2.45, 2.75) is 44.2 Å². The average molecular weight is 594 g/mol. The first-order chi connectivity index (χ1) is 16.9. The SMILES string of the molecule is Cc1cc2c(o1)SC(=Cc1sc3ccc(Cl)cc3[n+]1CCCCS(=O)(=O)O)N2CCCCS(=O)(=O)O. The molecule has 4 rings (SSSR count). The Morgan fingerprint density at radius 2 is 1.75 bits per heavy atom. The molecule has 0 amide bonds. The number of hydrogen-bond acceptors (Lipinski definition) is 8. The molecular weight excluding hydrogens is 568 g/mol. The third-order valence-corrected chi connectivity index (χ3v) is 9.55. The number of rotatable bonds is 11. The lowest BCUT2D eigenvalue weighted by Crippen LogP contribution is -2.35. The van der Waals surface area contributed by atoms with Crippen LogP contribution in [0.15, 0.2) is 38.8 Å². The number of halogens is 1. The highest BCUT2D eigenvalue weighted by molar-refractivity contribution is 8.03. The molecule has 0 spiro atoms. The second kappa shape index (κ2) is 11.0. The van der Waals surface area contributed by atoms with E-state index in [9.17, 15) is 16.8 Å². The van der Waals surface area contributed by atoms with Gasteiger partial charge >= 0.3 is 0 Å². The summed E-state index contributed by atoms with van der Waals surface area (Å²) in [6.07, 6.45) is 3.79. The van der Waals surface area contributed by atoms with Crippen molar-refractivity contribution in [1.29, 1.82) is 0 Å². The Labute approximate surface area is 223 Å². The summed E-state index contributed by atoms with van der Waals surface area (Å²) in [4.78, 5) is 2.08. The summed E-state index contributed by atoms with van der Waals surface area (Å²) in [6.45, 7) is 2.96. The molecule has 2 aromatic heterocycles. The lowest BCUT2D eigenvalue weighted by atomic mass is 10.3. The normalized spacial score (nSPS) is 15.3. The highest BCUT2D eigenvalue weighted by Gasteiger charge is 2.31. The zero-order valence-electron chi connectivity index (χ0n) is 19.4. The van der Waals surface area contributed by atoms with Crippen LogP contribution in [0.4, 0.5) is 5.69 Å². The van der Waals surface area contributed by atoms with Crippen molar-refractivity contribution in [1.82, 2.24) is 0 Å². The van der Waals surface area contributed by atoms with Gasteiger partial charge in [0.15, 0.2) is 11.6 Å². The van der Waals surface area contributed by atoms with E-state index in [-0.39, 0.29) is 11.5 Å². The quantitative estimate of drug-likeness (QED) is 0.179. The summed E-state index contributed by atoms with van der Waals surface area (Å²) in [5, 5.41) is 3.21. The van der Waals surface area contributed by atoms with Gasteiger partial charge in [-0.05, 0) is 50.1 Å². The summed E-state index contributed by atoms with van der Waals surface area (Å²) in [7, 11) is -8.02.